The number of nitriles is 1. The highest BCUT2D eigenvalue weighted by molar-refractivity contribution is 6.33. The van der Waals surface area contributed by atoms with E-state index >= 15 is 0 Å². The molecular weight excluding hydrogens is 604 g/mol. The summed E-state index contributed by atoms with van der Waals surface area (Å²) in [5, 5.41) is 22.2. The van der Waals surface area contributed by atoms with Gasteiger partial charge >= 0.3 is 0 Å². The first kappa shape index (κ1) is 33.7. The number of aromatic nitrogens is 1. The number of hydrogen-bond acceptors (Lipinski definition) is 12. The first-order chi connectivity index (χ1) is 21.8. The molecule has 1 amide bonds. The largest absolute Gasteiger partial charge is 0.507 e. The van der Waals surface area contributed by atoms with Crippen LogP contribution in [0.2, 0.25) is 0 Å². The standard InChI is InChI=1S/C34H38N6O7/c1-31(2,3)19-11-16(8-9-20(41)17-7-6-10-39-13-17)18-12-32(37)14-34(38)27(40(4)5)26(44)22(30(36)47)28(45)33(34,15-35)29(46)23(32)25(43)21(18)24(19)42/h6-7,10-11,13,22-23,27,42H,8-9,12,14,37-38H2,1-5H3,(H2,36,47)/t22?,23?,27-,32-,33+,34-/m1/s1. The zero-order valence-corrected chi connectivity index (χ0v) is 26.9. The zero-order chi connectivity index (χ0) is 35.0. The minimum absolute atomic E-state index is 0.0270. The molecule has 1 aromatic carbocycles. The summed E-state index contributed by atoms with van der Waals surface area (Å²) in [5.74, 6) is -10.4. The van der Waals surface area contributed by atoms with Gasteiger partial charge in [0.25, 0.3) is 0 Å². The fraction of sp³-hybridized carbons (Fsp3) is 0.471. The number of fused-ring (bicyclic) bond motifs is 3. The molecule has 13 heteroatoms. The van der Waals surface area contributed by atoms with Crippen molar-refractivity contribution in [3.63, 3.8) is 0 Å². The van der Waals surface area contributed by atoms with Crippen LogP contribution in [0.5, 0.6) is 5.75 Å². The highest BCUT2D eigenvalue weighted by Gasteiger charge is 2.78. The Morgan fingerprint density at radius 2 is 1.81 bits per heavy atom. The third-order valence-corrected chi connectivity index (χ3v) is 10.1. The Labute approximate surface area is 271 Å². The van der Waals surface area contributed by atoms with Crippen molar-refractivity contribution in [3.8, 4) is 11.8 Å². The van der Waals surface area contributed by atoms with Crippen LogP contribution in [0.4, 0.5) is 0 Å². The maximum Gasteiger partial charge on any atom is 0.235 e. The van der Waals surface area contributed by atoms with E-state index in [2.05, 4.69) is 4.98 Å². The van der Waals surface area contributed by atoms with Crippen LogP contribution in [0.15, 0.2) is 30.6 Å². The summed E-state index contributed by atoms with van der Waals surface area (Å²) in [6, 6.07) is 5.21. The number of aromatic hydroxyl groups is 1. The van der Waals surface area contributed by atoms with E-state index in [-0.39, 0.29) is 36.4 Å². The third-order valence-electron chi connectivity index (χ3n) is 10.1. The normalized spacial score (nSPS) is 30.3. The molecule has 0 aliphatic heterocycles. The molecule has 2 aromatic rings. The summed E-state index contributed by atoms with van der Waals surface area (Å²) in [7, 11) is 2.88. The fourth-order valence-corrected chi connectivity index (χ4v) is 8.06. The quantitative estimate of drug-likeness (QED) is 0.246. The van der Waals surface area contributed by atoms with E-state index in [1.165, 1.54) is 25.2 Å². The number of rotatable bonds is 6. The second-order valence-corrected chi connectivity index (χ2v) is 14.3. The highest BCUT2D eigenvalue weighted by Crippen LogP contribution is 2.57. The molecular formula is C34H38N6O7. The van der Waals surface area contributed by atoms with Gasteiger partial charge < -0.3 is 22.3 Å². The molecule has 2 unspecified atom stereocenters. The van der Waals surface area contributed by atoms with Crippen LogP contribution in [0.25, 0.3) is 0 Å². The van der Waals surface area contributed by atoms with E-state index in [4.69, 9.17) is 17.2 Å². The highest BCUT2D eigenvalue weighted by atomic mass is 16.3. The molecule has 7 N–H and O–H groups in total. The minimum Gasteiger partial charge on any atom is -0.507 e. The van der Waals surface area contributed by atoms with Crippen molar-refractivity contribution >= 4 is 34.8 Å². The van der Waals surface area contributed by atoms with Gasteiger partial charge in [0.2, 0.25) is 5.91 Å². The van der Waals surface area contributed by atoms with E-state index in [0.717, 1.165) is 0 Å². The lowest BCUT2D eigenvalue weighted by Gasteiger charge is -2.60. The predicted molar refractivity (Wildman–Crippen MR) is 167 cm³/mol. The van der Waals surface area contributed by atoms with Gasteiger partial charge in [-0.15, -0.1) is 0 Å². The molecule has 5 rings (SSSR count). The molecule has 13 nitrogen and oxygen atoms in total. The second-order valence-electron chi connectivity index (χ2n) is 14.3. The summed E-state index contributed by atoms with van der Waals surface area (Å²) in [5.41, 5.74) is 13.2. The summed E-state index contributed by atoms with van der Waals surface area (Å²) < 4.78 is 0. The number of nitrogens with zero attached hydrogens (tertiary/aromatic N) is 3. The van der Waals surface area contributed by atoms with Gasteiger partial charge in [0.15, 0.2) is 40.2 Å². The maximum absolute atomic E-state index is 14.6. The molecule has 2 saturated carbocycles. The summed E-state index contributed by atoms with van der Waals surface area (Å²) in [6.07, 6.45) is 2.45. The molecule has 0 spiro atoms. The van der Waals surface area contributed by atoms with Gasteiger partial charge in [-0.25, -0.2) is 0 Å². The number of nitrogens with two attached hydrogens (primary N) is 3. The van der Waals surface area contributed by atoms with Gasteiger partial charge in [-0.1, -0.05) is 26.8 Å². The number of carbonyl (C=O) groups excluding carboxylic acids is 6. The zero-order valence-electron chi connectivity index (χ0n) is 26.9. The number of ketones is 5. The van der Waals surface area contributed by atoms with Crippen molar-refractivity contribution in [1.82, 2.24) is 9.88 Å². The number of primary amides is 1. The molecule has 2 fully saturated rings. The van der Waals surface area contributed by atoms with Crippen LogP contribution in [0, 0.1) is 28.6 Å². The van der Waals surface area contributed by atoms with E-state index in [9.17, 15) is 39.1 Å². The number of Topliss-reactive ketones (excluding diaryl/α,β-unsaturated/α-hetero) is 5. The number of aryl methyl sites for hydroxylation is 1. The lowest BCUT2D eigenvalue weighted by atomic mass is 9.42. The molecule has 0 saturated heterocycles. The molecule has 3 aliphatic rings. The minimum atomic E-state index is -2.83. The van der Waals surface area contributed by atoms with Crippen molar-refractivity contribution in [2.45, 2.75) is 69.0 Å². The molecule has 0 radical (unpaired) electrons. The molecule has 1 heterocycles. The average molecular weight is 643 g/mol. The second kappa shape index (κ2) is 11.0. The van der Waals surface area contributed by atoms with Gasteiger partial charge in [0.1, 0.15) is 11.7 Å². The summed E-state index contributed by atoms with van der Waals surface area (Å²) in [4.78, 5) is 87.6. The lowest BCUT2D eigenvalue weighted by Crippen LogP contribution is -2.85. The van der Waals surface area contributed by atoms with Crippen LogP contribution >= 0.6 is 0 Å². The van der Waals surface area contributed by atoms with Crippen LogP contribution in [0.1, 0.15) is 71.0 Å². The molecule has 0 bridgehead atoms. The Kier molecular flexibility index (Phi) is 7.87. The van der Waals surface area contributed by atoms with Crippen LogP contribution in [-0.2, 0) is 37.4 Å². The number of likely N-dealkylation sites (N-methyl/N-ethyl adjacent to an activating group) is 1. The van der Waals surface area contributed by atoms with Gasteiger partial charge in [-0.2, -0.15) is 5.26 Å². The number of hydrogen-bond donors (Lipinski definition) is 4. The third kappa shape index (κ3) is 4.65. The van der Waals surface area contributed by atoms with Gasteiger partial charge in [0, 0.05) is 35.5 Å². The molecule has 3 aliphatic carbocycles. The van der Waals surface area contributed by atoms with Gasteiger partial charge in [-0.05, 0) is 62.0 Å². The Morgan fingerprint density at radius 1 is 1.15 bits per heavy atom. The first-order valence-electron chi connectivity index (χ1n) is 15.2. The van der Waals surface area contributed by atoms with Crippen molar-refractivity contribution in [1.29, 1.82) is 5.26 Å². The van der Waals surface area contributed by atoms with Gasteiger partial charge in [-0.3, -0.25) is 38.7 Å². The SMILES string of the molecule is CN(C)[C@@H]1C(=O)C(C(N)=O)C(=O)[C@@]2(C#N)C(=O)C3C(=O)c4c(O)c(C(C)(C)C)cc(CCC(=O)c5cccnc5)c4C[C@@]3(N)C[C@@]12N. The topological polar surface area (TPSA) is 241 Å². The Morgan fingerprint density at radius 3 is 2.34 bits per heavy atom. The number of phenols is 1. The van der Waals surface area contributed by atoms with Gasteiger partial charge in [0.05, 0.1) is 23.2 Å². The lowest BCUT2D eigenvalue weighted by molar-refractivity contribution is -0.166. The van der Waals surface area contributed by atoms with E-state index in [1.807, 2.05) is 20.8 Å². The molecule has 47 heavy (non-hydrogen) atoms. The molecule has 246 valence electrons. The maximum atomic E-state index is 14.6. The van der Waals surface area contributed by atoms with Crippen molar-refractivity contribution in [2.75, 3.05) is 14.1 Å². The summed E-state index contributed by atoms with van der Waals surface area (Å²) >= 11 is 0. The van der Waals surface area contributed by atoms with E-state index in [0.29, 0.717) is 22.3 Å². The van der Waals surface area contributed by atoms with Crippen LogP contribution < -0.4 is 17.2 Å². The predicted octanol–water partition coefficient (Wildman–Crippen LogP) is 0.316. The van der Waals surface area contributed by atoms with Crippen molar-refractivity contribution in [3.05, 3.63) is 58.4 Å². The number of carbonyl (C=O) groups is 6. The number of benzene rings is 1. The van der Waals surface area contributed by atoms with Crippen LogP contribution in [-0.4, -0.2) is 81.0 Å². The van der Waals surface area contributed by atoms with E-state index < -0.39 is 75.2 Å². The number of phenolic OH excluding ortho intramolecular Hbond substituents is 1. The molecule has 1 aromatic heterocycles. The van der Waals surface area contributed by atoms with Crippen LogP contribution in [0.3, 0.4) is 0 Å². The Balaban J connectivity index is 1.72. The molecule has 6 atom stereocenters. The Hall–Kier alpha value is -4.64. The summed E-state index contributed by atoms with van der Waals surface area (Å²) in [6.45, 7) is 5.46. The first-order valence-corrected chi connectivity index (χ1v) is 15.2. The average Bonchev–Trinajstić information content (AvgIpc) is 2.95. The smallest absolute Gasteiger partial charge is 0.235 e. The fourth-order valence-electron chi connectivity index (χ4n) is 8.06. The van der Waals surface area contributed by atoms with Crippen molar-refractivity contribution < 1.29 is 33.9 Å². The monoisotopic (exact) mass is 642 g/mol. The van der Waals surface area contributed by atoms with Crippen molar-refractivity contribution in [2.24, 2.45) is 34.5 Å². The Bertz CT molecular complexity index is 1810. The number of pyridine rings is 1. The van der Waals surface area contributed by atoms with E-state index in [1.54, 1.807) is 30.5 Å². The number of amides is 1.